The molecule has 0 atom stereocenters. The summed E-state index contributed by atoms with van der Waals surface area (Å²) in [6.45, 7) is 0. The van der Waals surface area contributed by atoms with Crippen LogP contribution in [0.3, 0.4) is 0 Å². The summed E-state index contributed by atoms with van der Waals surface area (Å²) in [7, 11) is 0. The minimum atomic E-state index is 0.884. The van der Waals surface area contributed by atoms with Gasteiger partial charge in [0.1, 0.15) is 0 Å². The maximum atomic E-state index is 6.04. The molecule has 0 heterocycles. The molecule has 14 heavy (non-hydrogen) atoms. The Morgan fingerprint density at radius 2 is 2.00 bits per heavy atom. The maximum absolute atomic E-state index is 6.04. The van der Waals surface area contributed by atoms with E-state index in [0.29, 0.717) is 0 Å². The van der Waals surface area contributed by atoms with Gasteiger partial charge in [-0.2, -0.15) is 24.4 Å². The van der Waals surface area contributed by atoms with Crippen LogP contribution in [0.1, 0.15) is 18.4 Å². The van der Waals surface area contributed by atoms with Gasteiger partial charge in [0.25, 0.3) is 0 Å². The quantitative estimate of drug-likeness (QED) is 0.577. The van der Waals surface area contributed by atoms with Gasteiger partial charge in [0.15, 0.2) is 0 Å². The van der Waals surface area contributed by atoms with Crippen LogP contribution in [-0.4, -0.2) is 11.5 Å². The molecule has 1 aromatic rings. The third kappa shape index (κ3) is 4.63. The SMILES string of the molecule is SCCCCSCc1ccccc1Cl. The maximum Gasteiger partial charge on any atom is 0.0446 e. The minimum Gasteiger partial charge on any atom is -0.179 e. The Morgan fingerprint density at radius 3 is 2.71 bits per heavy atom. The predicted molar refractivity (Wildman–Crippen MR) is 70.7 cm³/mol. The second-order valence-electron chi connectivity index (χ2n) is 3.07. The van der Waals surface area contributed by atoms with Crippen LogP contribution in [0.15, 0.2) is 24.3 Å². The average Bonchev–Trinajstić information content (AvgIpc) is 2.20. The Morgan fingerprint density at radius 1 is 1.21 bits per heavy atom. The van der Waals surface area contributed by atoms with Crippen LogP contribution in [0.2, 0.25) is 5.02 Å². The molecule has 0 amide bonds. The Labute approximate surface area is 101 Å². The van der Waals surface area contributed by atoms with Crippen molar-refractivity contribution in [3.63, 3.8) is 0 Å². The lowest BCUT2D eigenvalue weighted by Gasteiger charge is -2.03. The number of benzene rings is 1. The summed E-state index contributed by atoms with van der Waals surface area (Å²) >= 11 is 12.2. The topological polar surface area (TPSA) is 0 Å². The first-order chi connectivity index (χ1) is 6.84. The molecule has 0 bridgehead atoms. The van der Waals surface area contributed by atoms with E-state index in [1.165, 1.54) is 24.2 Å². The highest BCUT2D eigenvalue weighted by Crippen LogP contribution is 2.21. The highest BCUT2D eigenvalue weighted by atomic mass is 35.5. The first-order valence-corrected chi connectivity index (χ1v) is 6.93. The van der Waals surface area contributed by atoms with Crippen molar-refractivity contribution in [2.75, 3.05) is 11.5 Å². The van der Waals surface area contributed by atoms with E-state index in [1.807, 2.05) is 30.0 Å². The second-order valence-corrected chi connectivity index (χ2v) is 5.03. The second kappa shape index (κ2) is 7.49. The van der Waals surface area contributed by atoms with Gasteiger partial charge >= 0.3 is 0 Å². The fourth-order valence-electron chi connectivity index (χ4n) is 1.11. The van der Waals surface area contributed by atoms with Crippen molar-refractivity contribution < 1.29 is 0 Å². The summed E-state index contributed by atoms with van der Waals surface area (Å²) in [6, 6.07) is 8.05. The summed E-state index contributed by atoms with van der Waals surface area (Å²) in [5, 5.41) is 0.884. The minimum absolute atomic E-state index is 0.884. The highest BCUT2D eigenvalue weighted by Gasteiger charge is 1.98. The third-order valence-corrected chi connectivity index (χ3v) is 3.69. The lowest BCUT2D eigenvalue weighted by atomic mass is 10.2. The van der Waals surface area contributed by atoms with E-state index < -0.39 is 0 Å². The lowest BCUT2D eigenvalue weighted by molar-refractivity contribution is 0.909. The molecule has 1 aromatic carbocycles. The number of hydrogen-bond donors (Lipinski definition) is 1. The summed E-state index contributed by atoms with van der Waals surface area (Å²) in [4.78, 5) is 0. The zero-order valence-electron chi connectivity index (χ0n) is 8.08. The molecule has 1 rings (SSSR count). The van der Waals surface area contributed by atoms with Gasteiger partial charge in [-0.1, -0.05) is 29.8 Å². The predicted octanol–water partition coefficient (Wildman–Crippen LogP) is 4.28. The molecule has 0 radical (unpaired) electrons. The molecular formula is C11H15ClS2. The van der Waals surface area contributed by atoms with Crippen LogP contribution in [-0.2, 0) is 5.75 Å². The lowest BCUT2D eigenvalue weighted by Crippen LogP contribution is -1.85. The van der Waals surface area contributed by atoms with Crippen LogP contribution >= 0.6 is 36.0 Å². The van der Waals surface area contributed by atoms with Crippen LogP contribution in [0.4, 0.5) is 0 Å². The van der Waals surface area contributed by atoms with Gasteiger partial charge in [-0.25, -0.2) is 0 Å². The van der Waals surface area contributed by atoms with Crippen LogP contribution in [0.25, 0.3) is 0 Å². The van der Waals surface area contributed by atoms with E-state index in [0.717, 1.165) is 16.5 Å². The number of hydrogen-bond acceptors (Lipinski definition) is 2. The number of unbranched alkanes of at least 4 members (excludes halogenated alkanes) is 1. The normalized spacial score (nSPS) is 10.4. The Bertz CT molecular complexity index is 263. The molecule has 0 aliphatic heterocycles. The highest BCUT2D eigenvalue weighted by molar-refractivity contribution is 7.98. The van der Waals surface area contributed by atoms with Crippen LogP contribution < -0.4 is 0 Å². The van der Waals surface area contributed by atoms with Gasteiger partial charge in [0.2, 0.25) is 0 Å². The van der Waals surface area contributed by atoms with Gasteiger partial charge in [-0.15, -0.1) is 0 Å². The van der Waals surface area contributed by atoms with E-state index >= 15 is 0 Å². The molecule has 3 heteroatoms. The molecule has 0 aliphatic rings. The Balaban J connectivity index is 2.21. The largest absolute Gasteiger partial charge is 0.179 e. The zero-order chi connectivity index (χ0) is 10.2. The Hall–Kier alpha value is 0.210. The smallest absolute Gasteiger partial charge is 0.0446 e. The van der Waals surface area contributed by atoms with Gasteiger partial charge < -0.3 is 0 Å². The summed E-state index contributed by atoms with van der Waals surface area (Å²) in [6.07, 6.45) is 2.46. The van der Waals surface area contributed by atoms with Crippen molar-refractivity contribution in [2.45, 2.75) is 18.6 Å². The number of thiol groups is 1. The van der Waals surface area contributed by atoms with E-state index in [9.17, 15) is 0 Å². The van der Waals surface area contributed by atoms with Crippen LogP contribution in [0.5, 0.6) is 0 Å². The van der Waals surface area contributed by atoms with Gasteiger partial charge in [-0.05, 0) is 36.0 Å². The number of halogens is 1. The van der Waals surface area contributed by atoms with E-state index in [2.05, 4.69) is 18.7 Å². The first-order valence-electron chi connectivity index (χ1n) is 4.76. The first kappa shape index (κ1) is 12.3. The molecule has 78 valence electrons. The molecule has 0 aliphatic carbocycles. The van der Waals surface area contributed by atoms with Gasteiger partial charge in [0.05, 0.1) is 0 Å². The molecule has 0 fully saturated rings. The van der Waals surface area contributed by atoms with Gasteiger partial charge in [-0.3, -0.25) is 0 Å². The standard InChI is InChI=1S/C11H15ClS2/c12-11-6-2-1-5-10(11)9-14-8-4-3-7-13/h1-2,5-6,13H,3-4,7-9H2. The number of rotatable bonds is 6. The Kier molecular flexibility index (Phi) is 6.57. The van der Waals surface area contributed by atoms with Crippen molar-refractivity contribution in [1.82, 2.24) is 0 Å². The van der Waals surface area contributed by atoms with Crippen molar-refractivity contribution in [3.05, 3.63) is 34.9 Å². The molecule has 0 saturated heterocycles. The third-order valence-electron chi connectivity index (χ3n) is 1.91. The fourth-order valence-corrected chi connectivity index (χ4v) is 2.64. The molecule has 0 unspecified atom stereocenters. The zero-order valence-corrected chi connectivity index (χ0v) is 10.5. The molecule has 0 spiro atoms. The number of thioether (sulfide) groups is 1. The van der Waals surface area contributed by atoms with Crippen molar-refractivity contribution >= 4 is 36.0 Å². The van der Waals surface area contributed by atoms with Crippen molar-refractivity contribution in [2.24, 2.45) is 0 Å². The van der Waals surface area contributed by atoms with Crippen molar-refractivity contribution in [3.8, 4) is 0 Å². The molecule has 0 aromatic heterocycles. The van der Waals surface area contributed by atoms with E-state index in [-0.39, 0.29) is 0 Å². The summed E-state index contributed by atoms with van der Waals surface area (Å²) < 4.78 is 0. The monoisotopic (exact) mass is 246 g/mol. The molecule has 0 saturated carbocycles. The van der Waals surface area contributed by atoms with E-state index in [4.69, 9.17) is 11.6 Å². The van der Waals surface area contributed by atoms with E-state index in [1.54, 1.807) is 0 Å². The van der Waals surface area contributed by atoms with Crippen molar-refractivity contribution in [1.29, 1.82) is 0 Å². The fraction of sp³-hybridized carbons (Fsp3) is 0.455. The average molecular weight is 247 g/mol. The molecular weight excluding hydrogens is 232 g/mol. The summed E-state index contributed by atoms with van der Waals surface area (Å²) in [5.41, 5.74) is 1.24. The van der Waals surface area contributed by atoms with Gasteiger partial charge in [0, 0.05) is 10.8 Å². The molecule has 0 N–H and O–H groups in total. The molecule has 0 nitrogen and oxygen atoms in total. The van der Waals surface area contributed by atoms with Crippen LogP contribution in [0, 0.1) is 0 Å². The summed E-state index contributed by atoms with van der Waals surface area (Å²) in [5.74, 6) is 3.21.